The number of hydrogen-bond donors (Lipinski definition) is 0. The van der Waals surface area contributed by atoms with Gasteiger partial charge in [-0.3, -0.25) is 0 Å². The first-order valence-corrected chi connectivity index (χ1v) is 2.30. The second-order valence-electron chi connectivity index (χ2n) is 1.05. The highest BCUT2D eigenvalue weighted by Gasteiger charge is 1.76. The highest BCUT2D eigenvalue weighted by molar-refractivity contribution is 7.26. The summed E-state index contributed by atoms with van der Waals surface area (Å²) < 4.78 is 0. The standard InChI is InChI=1S/C4H3N2P/c7-4-5-2-1-3-6-4/h1-3H. The van der Waals surface area contributed by atoms with Crippen molar-refractivity contribution < 1.29 is 0 Å². The Bertz CT molecular complexity index is 140. The van der Waals surface area contributed by atoms with E-state index in [-0.39, 0.29) is 0 Å². The van der Waals surface area contributed by atoms with Crippen LogP contribution in [0.2, 0.25) is 0 Å². The summed E-state index contributed by atoms with van der Waals surface area (Å²) in [6.07, 6.45) is 3.30. The predicted octanol–water partition coefficient (Wildman–Crippen LogP) is 0.512. The van der Waals surface area contributed by atoms with Gasteiger partial charge in [-0.2, -0.15) is 0 Å². The van der Waals surface area contributed by atoms with E-state index < -0.39 is 0 Å². The van der Waals surface area contributed by atoms with E-state index in [1.54, 1.807) is 18.5 Å². The van der Waals surface area contributed by atoms with Crippen LogP contribution in [0.25, 0.3) is 0 Å². The molecule has 0 aliphatic heterocycles. The van der Waals surface area contributed by atoms with Gasteiger partial charge in [-0.1, -0.05) is 0 Å². The van der Waals surface area contributed by atoms with E-state index in [1.165, 1.54) is 0 Å². The summed E-state index contributed by atoms with van der Waals surface area (Å²) in [5, 5.41) is 0. The van der Waals surface area contributed by atoms with Crippen molar-refractivity contribution in [3.8, 4) is 0 Å². The average molecular weight is 110 g/mol. The second kappa shape index (κ2) is 1.99. The molecule has 0 aliphatic rings. The maximum atomic E-state index is 3.86. The minimum atomic E-state index is 0.516. The fourth-order valence-electron chi connectivity index (χ4n) is 0.291. The van der Waals surface area contributed by atoms with Crippen molar-refractivity contribution in [3.05, 3.63) is 18.5 Å². The third kappa shape index (κ3) is 1.20. The smallest absolute Gasteiger partial charge is 0.160 e. The minimum Gasteiger partial charge on any atom is -0.236 e. The number of rotatable bonds is 0. The van der Waals surface area contributed by atoms with Crippen LogP contribution in [-0.2, 0) is 0 Å². The van der Waals surface area contributed by atoms with Crippen LogP contribution in [-0.4, -0.2) is 9.97 Å². The maximum absolute atomic E-state index is 3.86. The van der Waals surface area contributed by atoms with Crippen LogP contribution >= 0.6 is 9.24 Å². The number of nitrogens with zero attached hydrogens (tertiary/aromatic N) is 2. The molecule has 0 bridgehead atoms. The summed E-state index contributed by atoms with van der Waals surface area (Å²) in [5.41, 5.74) is 0.516. The van der Waals surface area contributed by atoms with E-state index >= 15 is 0 Å². The first-order valence-electron chi connectivity index (χ1n) is 1.85. The maximum Gasteiger partial charge on any atom is 0.160 e. The van der Waals surface area contributed by atoms with Crippen molar-refractivity contribution in [2.45, 2.75) is 0 Å². The third-order valence-electron chi connectivity index (χ3n) is 0.552. The molecule has 1 heterocycles. The molecule has 3 heteroatoms. The minimum absolute atomic E-state index is 0.516. The van der Waals surface area contributed by atoms with Crippen molar-refractivity contribution >= 4 is 14.8 Å². The van der Waals surface area contributed by atoms with Crippen molar-refractivity contribution in [2.75, 3.05) is 0 Å². The molecule has 0 fully saturated rings. The Labute approximate surface area is 44.2 Å². The van der Waals surface area contributed by atoms with Crippen molar-refractivity contribution in [1.82, 2.24) is 9.97 Å². The van der Waals surface area contributed by atoms with Gasteiger partial charge in [0.15, 0.2) is 5.57 Å². The monoisotopic (exact) mass is 110 g/mol. The molecule has 1 aromatic rings. The molecular formula is C4H3N2P. The molecule has 0 unspecified atom stereocenters. The molecule has 0 atom stereocenters. The van der Waals surface area contributed by atoms with E-state index in [9.17, 15) is 0 Å². The van der Waals surface area contributed by atoms with Gasteiger partial charge in [0.2, 0.25) is 0 Å². The van der Waals surface area contributed by atoms with Crippen LogP contribution < -0.4 is 5.57 Å². The molecular weight excluding hydrogens is 107 g/mol. The van der Waals surface area contributed by atoms with Gasteiger partial charge < -0.3 is 0 Å². The van der Waals surface area contributed by atoms with E-state index in [4.69, 9.17) is 0 Å². The van der Waals surface area contributed by atoms with Gasteiger partial charge >= 0.3 is 0 Å². The van der Waals surface area contributed by atoms with Crippen molar-refractivity contribution in [1.29, 1.82) is 0 Å². The van der Waals surface area contributed by atoms with Crippen LogP contribution in [0.5, 0.6) is 0 Å². The Kier molecular flexibility index (Phi) is 1.32. The van der Waals surface area contributed by atoms with E-state index in [2.05, 4.69) is 19.2 Å². The summed E-state index contributed by atoms with van der Waals surface area (Å²) in [6, 6.07) is 1.75. The van der Waals surface area contributed by atoms with Crippen molar-refractivity contribution in [3.63, 3.8) is 0 Å². The molecule has 0 N–H and O–H groups in total. The first-order chi connectivity index (χ1) is 3.39. The average Bonchev–Trinajstić information content (AvgIpc) is 1.69. The van der Waals surface area contributed by atoms with Crippen molar-refractivity contribution in [2.24, 2.45) is 0 Å². The van der Waals surface area contributed by atoms with Gasteiger partial charge in [0.25, 0.3) is 0 Å². The predicted molar refractivity (Wildman–Crippen MR) is 28.6 cm³/mol. The quantitative estimate of drug-likeness (QED) is 0.455. The van der Waals surface area contributed by atoms with Gasteiger partial charge in [0.05, 0.1) is 0 Å². The molecule has 0 amide bonds. The largest absolute Gasteiger partial charge is 0.236 e. The lowest BCUT2D eigenvalue weighted by molar-refractivity contribution is 1.24. The lowest BCUT2D eigenvalue weighted by Crippen LogP contribution is -1.98. The Morgan fingerprint density at radius 2 is 1.86 bits per heavy atom. The zero-order valence-corrected chi connectivity index (χ0v) is 4.47. The lowest BCUT2D eigenvalue weighted by Gasteiger charge is -1.80. The first kappa shape index (κ1) is 4.66. The van der Waals surface area contributed by atoms with Crippen LogP contribution in [0, 0.1) is 0 Å². The molecule has 7 heavy (non-hydrogen) atoms. The normalized spacial score (nSPS) is 8.71. The van der Waals surface area contributed by atoms with E-state index in [1.807, 2.05) is 0 Å². The third-order valence-corrected chi connectivity index (χ3v) is 0.783. The molecule has 2 radical (unpaired) electrons. The van der Waals surface area contributed by atoms with Crippen LogP contribution in [0.4, 0.5) is 0 Å². The van der Waals surface area contributed by atoms with Crippen LogP contribution in [0.1, 0.15) is 0 Å². The number of hydrogen-bond acceptors (Lipinski definition) is 2. The van der Waals surface area contributed by atoms with E-state index in [0.29, 0.717) is 5.57 Å². The Balaban J connectivity index is 3.02. The Morgan fingerprint density at radius 3 is 2.14 bits per heavy atom. The molecule has 0 saturated carbocycles. The van der Waals surface area contributed by atoms with Gasteiger partial charge in [0.1, 0.15) is 0 Å². The molecule has 0 aliphatic carbocycles. The summed E-state index contributed by atoms with van der Waals surface area (Å²) in [5.74, 6) is 0. The molecule has 34 valence electrons. The molecule has 0 aromatic carbocycles. The molecule has 0 spiro atoms. The highest BCUT2D eigenvalue weighted by Crippen LogP contribution is 1.74. The lowest BCUT2D eigenvalue weighted by atomic mass is 10.7. The molecule has 1 aromatic heterocycles. The van der Waals surface area contributed by atoms with Gasteiger partial charge in [0, 0.05) is 21.6 Å². The van der Waals surface area contributed by atoms with Gasteiger partial charge in [-0.25, -0.2) is 9.97 Å². The van der Waals surface area contributed by atoms with Gasteiger partial charge in [-0.15, -0.1) is 0 Å². The van der Waals surface area contributed by atoms with Crippen LogP contribution in [0.15, 0.2) is 18.5 Å². The van der Waals surface area contributed by atoms with Gasteiger partial charge in [-0.05, 0) is 6.07 Å². The fourth-order valence-corrected chi connectivity index (χ4v) is 0.425. The Hall–Kier alpha value is -0.490. The van der Waals surface area contributed by atoms with Crippen LogP contribution in [0.3, 0.4) is 0 Å². The summed E-state index contributed by atoms with van der Waals surface area (Å²) in [7, 11) is 3.86. The molecule has 0 saturated heterocycles. The topological polar surface area (TPSA) is 25.8 Å². The van der Waals surface area contributed by atoms with E-state index in [0.717, 1.165) is 0 Å². The molecule has 2 nitrogen and oxygen atoms in total. The Morgan fingerprint density at radius 1 is 1.29 bits per heavy atom. The highest BCUT2D eigenvalue weighted by atomic mass is 31.0. The fraction of sp³-hybridized carbons (Fsp3) is 0. The molecule has 1 rings (SSSR count). The summed E-state index contributed by atoms with van der Waals surface area (Å²) in [4.78, 5) is 7.46. The summed E-state index contributed by atoms with van der Waals surface area (Å²) >= 11 is 0. The second-order valence-corrected chi connectivity index (χ2v) is 1.45. The SMILES string of the molecule is [P]c1ncccn1. The number of aromatic nitrogens is 2. The zero-order valence-electron chi connectivity index (χ0n) is 3.57. The zero-order chi connectivity index (χ0) is 5.11. The summed E-state index contributed by atoms with van der Waals surface area (Å²) in [6.45, 7) is 0.